The first-order valence-corrected chi connectivity index (χ1v) is 3.31. The van der Waals surface area contributed by atoms with Crippen molar-refractivity contribution >= 4 is 5.84 Å². The summed E-state index contributed by atoms with van der Waals surface area (Å²) < 4.78 is 5.08. The van der Waals surface area contributed by atoms with Crippen LogP contribution in [0.15, 0.2) is 4.99 Å². The van der Waals surface area contributed by atoms with Gasteiger partial charge in [0.1, 0.15) is 0 Å². The molecule has 10 heavy (non-hydrogen) atoms. The minimum absolute atomic E-state index is 0.410. The van der Waals surface area contributed by atoms with Crippen LogP contribution in [-0.4, -0.2) is 25.7 Å². The van der Waals surface area contributed by atoms with Crippen LogP contribution in [0.25, 0.3) is 0 Å². The number of nitrogens with one attached hydrogen (secondary N) is 1. The van der Waals surface area contributed by atoms with Crippen LogP contribution in [0.2, 0.25) is 0 Å². The second kappa shape index (κ2) is 3.56. The Balaban J connectivity index is 4.09. The van der Waals surface area contributed by atoms with Crippen molar-refractivity contribution in [1.29, 1.82) is 0 Å². The van der Waals surface area contributed by atoms with Gasteiger partial charge in [0.2, 0.25) is 0 Å². The normalized spacial score (nSPS) is 13.5. The maximum atomic E-state index is 5.08. The second-order valence-corrected chi connectivity index (χ2v) is 2.60. The first-order valence-electron chi connectivity index (χ1n) is 3.31. The first kappa shape index (κ1) is 9.43. The van der Waals surface area contributed by atoms with E-state index in [9.17, 15) is 0 Å². The van der Waals surface area contributed by atoms with Crippen LogP contribution in [0, 0.1) is 0 Å². The Morgan fingerprint density at radius 3 is 2.30 bits per heavy atom. The topological polar surface area (TPSA) is 33.6 Å². The van der Waals surface area contributed by atoms with Gasteiger partial charge in [0.25, 0.3) is 0 Å². The third-order valence-corrected chi connectivity index (χ3v) is 1.30. The zero-order valence-corrected chi connectivity index (χ0v) is 7.36. The minimum atomic E-state index is -0.410. The smallest absolute Gasteiger partial charge is 0.155 e. The molecular weight excluding hydrogens is 128 g/mol. The molecule has 0 saturated heterocycles. The monoisotopic (exact) mass is 144 g/mol. The summed E-state index contributed by atoms with van der Waals surface area (Å²) in [5.74, 6) is 0.881. The van der Waals surface area contributed by atoms with Crippen molar-refractivity contribution in [2.24, 2.45) is 4.99 Å². The maximum absolute atomic E-state index is 5.08. The number of amidine groups is 1. The Kier molecular flexibility index (Phi) is 3.36. The molecule has 1 N–H and O–H groups in total. The molecule has 0 fully saturated rings. The van der Waals surface area contributed by atoms with Crippen molar-refractivity contribution in [3.05, 3.63) is 0 Å². The van der Waals surface area contributed by atoms with E-state index in [-0.39, 0.29) is 0 Å². The number of nitrogens with zero attached hydrogens (tertiary/aromatic N) is 1. The van der Waals surface area contributed by atoms with Crippen LogP contribution in [0.5, 0.6) is 0 Å². The van der Waals surface area contributed by atoms with Crippen LogP contribution < -0.4 is 5.32 Å². The third kappa shape index (κ3) is 3.45. The molecule has 3 heteroatoms. The van der Waals surface area contributed by atoms with E-state index in [0.29, 0.717) is 0 Å². The van der Waals surface area contributed by atoms with Crippen molar-refractivity contribution in [3.8, 4) is 0 Å². The Hall–Kier alpha value is -0.570. The zero-order valence-electron chi connectivity index (χ0n) is 7.36. The van der Waals surface area contributed by atoms with E-state index in [4.69, 9.17) is 4.74 Å². The molecule has 0 aliphatic rings. The molecule has 3 nitrogen and oxygen atoms in total. The average Bonchev–Trinajstić information content (AvgIpc) is 1.87. The van der Waals surface area contributed by atoms with Gasteiger partial charge in [0, 0.05) is 14.2 Å². The van der Waals surface area contributed by atoms with Gasteiger partial charge < -0.3 is 10.1 Å². The van der Waals surface area contributed by atoms with Crippen LogP contribution >= 0.6 is 0 Å². The summed E-state index contributed by atoms with van der Waals surface area (Å²) in [5, 5.41) is 2.93. The summed E-state index contributed by atoms with van der Waals surface area (Å²) in [6.45, 7) is 5.72. The number of rotatable bonds is 2. The van der Waals surface area contributed by atoms with E-state index < -0.39 is 5.72 Å². The lowest BCUT2D eigenvalue weighted by atomic mass is 10.3. The van der Waals surface area contributed by atoms with Gasteiger partial charge in [-0.3, -0.25) is 0 Å². The molecule has 0 amide bonds. The molecular formula is C7H16N2O. The molecule has 0 radical (unpaired) electrons. The maximum Gasteiger partial charge on any atom is 0.155 e. The zero-order chi connectivity index (χ0) is 8.20. The summed E-state index contributed by atoms with van der Waals surface area (Å²) in [6, 6.07) is 0. The van der Waals surface area contributed by atoms with E-state index in [1.807, 2.05) is 27.8 Å². The standard InChI is InChI=1S/C7H16N2O/c1-6(8-4)9-7(2,3)10-5/h1-5H3,(H,8,9). The third-order valence-electron chi connectivity index (χ3n) is 1.30. The highest BCUT2D eigenvalue weighted by Crippen LogP contribution is 2.08. The first-order chi connectivity index (χ1) is 4.52. The van der Waals surface area contributed by atoms with Gasteiger partial charge in [0.05, 0.1) is 5.84 Å². The van der Waals surface area contributed by atoms with E-state index in [1.54, 1.807) is 7.11 Å². The number of ether oxygens (including phenoxy) is 1. The van der Waals surface area contributed by atoms with Crippen molar-refractivity contribution in [2.45, 2.75) is 26.5 Å². The van der Waals surface area contributed by atoms with Gasteiger partial charge >= 0.3 is 0 Å². The number of hydrogen-bond acceptors (Lipinski definition) is 2. The van der Waals surface area contributed by atoms with Crippen molar-refractivity contribution in [1.82, 2.24) is 5.32 Å². The highest BCUT2D eigenvalue weighted by atomic mass is 16.5. The highest BCUT2D eigenvalue weighted by Gasteiger charge is 2.12. The quantitative estimate of drug-likeness (QED) is 0.463. The molecule has 0 atom stereocenters. The van der Waals surface area contributed by atoms with Crippen molar-refractivity contribution < 1.29 is 4.74 Å². The van der Waals surface area contributed by atoms with E-state index >= 15 is 0 Å². The molecule has 0 saturated carbocycles. The van der Waals surface area contributed by atoms with Gasteiger partial charge in [-0.05, 0) is 20.8 Å². The fraction of sp³-hybridized carbons (Fsp3) is 0.857. The number of methoxy groups -OCH3 is 1. The lowest BCUT2D eigenvalue weighted by Crippen LogP contribution is -2.25. The van der Waals surface area contributed by atoms with Gasteiger partial charge in [-0.1, -0.05) is 0 Å². The summed E-state index contributed by atoms with van der Waals surface area (Å²) in [5.41, 5.74) is -0.410. The van der Waals surface area contributed by atoms with Crippen LogP contribution in [0.4, 0.5) is 0 Å². The van der Waals surface area contributed by atoms with Gasteiger partial charge in [-0.25, -0.2) is 4.99 Å². The molecule has 0 spiro atoms. The molecule has 0 bridgehead atoms. The Morgan fingerprint density at radius 2 is 2.00 bits per heavy atom. The fourth-order valence-electron chi connectivity index (χ4n) is 0.505. The van der Waals surface area contributed by atoms with E-state index in [0.717, 1.165) is 5.84 Å². The second-order valence-electron chi connectivity index (χ2n) is 2.60. The number of aliphatic imine (C=N–C) groups is 1. The minimum Gasteiger partial charge on any atom is -0.377 e. The molecule has 0 aliphatic carbocycles. The Bertz CT molecular complexity index is 130. The largest absolute Gasteiger partial charge is 0.377 e. The molecule has 60 valence electrons. The summed E-state index contributed by atoms with van der Waals surface area (Å²) >= 11 is 0. The highest BCUT2D eigenvalue weighted by molar-refractivity contribution is 5.79. The lowest BCUT2D eigenvalue weighted by Gasteiger charge is -2.18. The molecule has 0 aromatic heterocycles. The van der Waals surface area contributed by atoms with Crippen LogP contribution in [0.1, 0.15) is 20.8 Å². The molecule has 0 aromatic carbocycles. The van der Waals surface area contributed by atoms with Gasteiger partial charge in [-0.15, -0.1) is 0 Å². The molecule has 0 heterocycles. The van der Waals surface area contributed by atoms with Crippen LogP contribution in [-0.2, 0) is 4.74 Å². The van der Waals surface area contributed by atoms with Gasteiger partial charge in [-0.2, -0.15) is 0 Å². The molecule has 0 aromatic rings. The van der Waals surface area contributed by atoms with Gasteiger partial charge in [0.15, 0.2) is 5.72 Å². The van der Waals surface area contributed by atoms with Crippen molar-refractivity contribution in [2.75, 3.05) is 14.2 Å². The predicted molar refractivity (Wildman–Crippen MR) is 43.3 cm³/mol. The SMILES string of the molecule is CN/C(C)=N\C(C)(C)OC. The number of hydrogen-bond donors (Lipinski definition) is 1. The van der Waals surface area contributed by atoms with E-state index in [2.05, 4.69) is 10.3 Å². The lowest BCUT2D eigenvalue weighted by molar-refractivity contribution is 0.0307. The molecule has 0 unspecified atom stereocenters. The molecule has 0 rings (SSSR count). The van der Waals surface area contributed by atoms with Crippen LogP contribution in [0.3, 0.4) is 0 Å². The summed E-state index contributed by atoms with van der Waals surface area (Å²) in [6.07, 6.45) is 0. The summed E-state index contributed by atoms with van der Waals surface area (Å²) in [4.78, 5) is 4.23. The van der Waals surface area contributed by atoms with E-state index in [1.165, 1.54) is 0 Å². The Morgan fingerprint density at radius 1 is 1.50 bits per heavy atom. The fourth-order valence-corrected chi connectivity index (χ4v) is 0.505. The summed E-state index contributed by atoms with van der Waals surface area (Å²) in [7, 11) is 3.48. The Labute approximate surface area is 62.5 Å². The average molecular weight is 144 g/mol. The molecule has 0 aliphatic heterocycles. The predicted octanol–water partition coefficient (Wildman–Crippen LogP) is 1.01. The van der Waals surface area contributed by atoms with Crippen molar-refractivity contribution in [3.63, 3.8) is 0 Å².